The zero-order chi connectivity index (χ0) is 21.0. The number of benzene rings is 1. The summed E-state index contributed by atoms with van der Waals surface area (Å²) in [5.41, 5.74) is 8.24. The van der Waals surface area contributed by atoms with Crippen molar-refractivity contribution in [3.05, 3.63) is 63.0 Å². The number of aliphatic hydroxyl groups excluding tert-OH is 1. The molecule has 2 heterocycles. The number of hydrogen-bond acceptors (Lipinski definition) is 5. The van der Waals surface area contributed by atoms with E-state index in [9.17, 15) is 14.3 Å². The standard InChI is InChI=1S/C20H22FN5O2S/c1-11-3-4-13(7-14(11)21)15-5-6-16(25-15)19(28)26-17(8-23-10-22)20-24-12(2)18(9-27)29-20/h3-7,10,17,25,27H,8-9H2,1-2H3,(H2,22,23)(H,26,28). The molecule has 0 spiro atoms. The highest BCUT2D eigenvalue weighted by molar-refractivity contribution is 7.11. The van der Waals surface area contributed by atoms with E-state index in [-0.39, 0.29) is 24.9 Å². The number of halogens is 1. The number of thiazole rings is 1. The highest BCUT2D eigenvalue weighted by Gasteiger charge is 2.21. The van der Waals surface area contributed by atoms with Crippen molar-refractivity contribution >= 4 is 23.6 Å². The highest BCUT2D eigenvalue weighted by atomic mass is 32.1. The van der Waals surface area contributed by atoms with Crippen molar-refractivity contribution in [2.75, 3.05) is 6.54 Å². The number of nitrogens with zero attached hydrogens (tertiary/aromatic N) is 2. The summed E-state index contributed by atoms with van der Waals surface area (Å²) in [6, 6.07) is 7.78. The molecule has 152 valence electrons. The molecule has 0 saturated carbocycles. The van der Waals surface area contributed by atoms with Crippen LogP contribution in [-0.2, 0) is 6.61 Å². The lowest BCUT2D eigenvalue weighted by atomic mass is 10.1. The predicted molar refractivity (Wildman–Crippen MR) is 111 cm³/mol. The molecule has 0 bridgehead atoms. The fraction of sp³-hybridized carbons (Fsp3) is 0.250. The summed E-state index contributed by atoms with van der Waals surface area (Å²) in [4.78, 5) is 25.0. The Labute approximate surface area is 171 Å². The van der Waals surface area contributed by atoms with Crippen molar-refractivity contribution in [1.29, 1.82) is 0 Å². The second-order valence-electron chi connectivity index (χ2n) is 6.51. The topological polar surface area (TPSA) is 116 Å². The average Bonchev–Trinajstić information content (AvgIpc) is 3.34. The normalized spacial score (nSPS) is 12.4. The smallest absolute Gasteiger partial charge is 0.268 e. The van der Waals surface area contributed by atoms with Gasteiger partial charge in [-0.3, -0.25) is 9.79 Å². The first-order valence-corrected chi connectivity index (χ1v) is 9.78. The van der Waals surface area contributed by atoms with Crippen molar-refractivity contribution in [2.45, 2.75) is 26.5 Å². The first-order chi connectivity index (χ1) is 13.9. The van der Waals surface area contributed by atoms with E-state index in [0.29, 0.717) is 33.2 Å². The number of aryl methyl sites for hydroxylation is 2. The Morgan fingerprint density at radius 2 is 2.21 bits per heavy atom. The third-order valence-electron chi connectivity index (χ3n) is 4.46. The van der Waals surface area contributed by atoms with Crippen molar-refractivity contribution in [3.63, 3.8) is 0 Å². The summed E-state index contributed by atoms with van der Waals surface area (Å²) in [7, 11) is 0. The van der Waals surface area contributed by atoms with Crippen LogP contribution in [0.2, 0.25) is 0 Å². The Kier molecular flexibility index (Phi) is 6.40. The molecule has 1 aromatic carbocycles. The molecule has 29 heavy (non-hydrogen) atoms. The Morgan fingerprint density at radius 3 is 2.86 bits per heavy atom. The van der Waals surface area contributed by atoms with Crippen LogP contribution < -0.4 is 11.1 Å². The Balaban J connectivity index is 1.80. The Bertz CT molecular complexity index is 1040. The maximum atomic E-state index is 13.8. The summed E-state index contributed by atoms with van der Waals surface area (Å²) in [6.07, 6.45) is 1.17. The van der Waals surface area contributed by atoms with Gasteiger partial charge < -0.3 is 21.1 Å². The monoisotopic (exact) mass is 415 g/mol. The lowest BCUT2D eigenvalue weighted by Gasteiger charge is -2.13. The number of nitrogens with one attached hydrogen (secondary N) is 2. The summed E-state index contributed by atoms with van der Waals surface area (Å²) < 4.78 is 13.8. The molecule has 2 aromatic heterocycles. The zero-order valence-corrected chi connectivity index (χ0v) is 16.9. The van der Waals surface area contributed by atoms with E-state index >= 15 is 0 Å². The van der Waals surface area contributed by atoms with E-state index < -0.39 is 6.04 Å². The number of amides is 1. The minimum Gasteiger partial charge on any atom is -0.391 e. The van der Waals surface area contributed by atoms with Crippen LogP contribution in [0.3, 0.4) is 0 Å². The number of H-pyrrole nitrogens is 1. The van der Waals surface area contributed by atoms with Crippen LogP contribution in [0.15, 0.2) is 35.3 Å². The molecule has 0 saturated heterocycles. The van der Waals surface area contributed by atoms with Gasteiger partial charge in [0.2, 0.25) is 0 Å². The predicted octanol–water partition coefficient (Wildman–Crippen LogP) is 2.84. The minimum absolute atomic E-state index is 0.114. The van der Waals surface area contributed by atoms with Crippen LogP contribution >= 0.6 is 11.3 Å². The fourth-order valence-corrected chi connectivity index (χ4v) is 3.76. The van der Waals surface area contributed by atoms with Gasteiger partial charge >= 0.3 is 0 Å². The first kappa shape index (κ1) is 20.7. The first-order valence-electron chi connectivity index (χ1n) is 8.96. The largest absolute Gasteiger partial charge is 0.391 e. The molecule has 0 aliphatic carbocycles. The van der Waals surface area contributed by atoms with Gasteiger partial charge in [-0.25, -0.2) is 9.37 Å². The average molecular weight is 415 g/mol. The van der Waals surface area contributed by atoms with Gasteiger partial charge in [0.15, 0.2) is 0 Å². The molecule has 0 radical (unpaired) electrons. The maximum absolute atomic E-state index is 13.8. The SMILES string of the molecule is Cc1ccc(-c2ccc(C(=O)NC(CN=CN)c3nc(C)c(CO)s3)[nH]2)cc1F. The molecule has 3 aromatic rings. The number of aliphatic hydroxyl groups is 1. The lowest BCUT2D eigenvalue weighted by Crippen LogP contribution is -2.30. The van der Waals surface area contributed by atoms with Crippen molar-refractivity contribution in [3.8, 4) is 11.3 Å². The maximum Gasteiger partial charge on any atom is 0.268 e. The molecule has 7 nitrogen and oxygen atoms in total. The number of aromatic nitrogens is 2. The third-order valence-corrected chi connectivity index (χ3v) is 5.72. The second-order valence-corrected chi connectivity index (χ2v) is 7.62. The number of carbonyl (C=O) groups excluding carboxylic acids is 1. The van der Waals surface area contributed by atoms with Crippen molar-refractivity contribution < 1.29 is 14.3 Å². The van der Waals surface area contributed by atoms with E-state index in [1.165, 1.54) is 23.7 Å². The number of rotatable bonds is 7. The van der Waals surface area contributed by atoms with Gasteiger partial charge in [0.1, 0.15) is 22.6 Å². The summed E-state index contributed by atoms with van der Waals surface area (Å²) in [5.74, 6) is -0.652. The number of nitrogens with two attached hydrogens (primary N) is 1. The van der Waals surface area contributed by atoms with Gasteiger partial charge in [-0.2, -0.15) is 0 Å². The van der Waals surface area contributed by atoms with Gasteiger partial charge in [-0.05, 0) is 37.6 Å². The van der Waals surface area contributed by atoms with Crippen molar-refractivity contribution in [2.24, 2.45) is 10.7 Å². The van der Waals surface area contributed by atoms with Crippen molar-refractivity contribution in [1.82, 2.24) is 15.3 Å². The number of aliphatic imine (C=N–C) groups is 1. The fourth-order valence-electron chi connectivity index (χ4n) is 2.79. The molecular formula is C20H22FN5O2S. The van der Waals surface area contributed by atoms with E-state index in [4.69, 9.17) is 5.73 Å². The molecule has 1 unspecified atom stereocenters. The number of carbonyl (C=O) groups is 1. The molecule has 1 amide bonds. The van der Waals surface area contributed by atoms with Gasteiger partial charge in [0, 0.05) is 11.3 Å². The second kappa shape index (κ2) is 8.97. The van der Waals surface area contributed by atoms with Crippen LogP contribution in [0.25, 0.3) is 11.3 Å². The highest BCUT2D eigenvalue weighted by Crippen LogP contribution is 2.25. The van der Waals surface area contributed by atoms with E-state index in [1.807, 2.05) is 0 Å². The van der Waals surface area contributed by atoms with Crippen LogP contribution in [0.5, 0.6) is 0 Å². The van der Waals surface area contributed by atoms with Gasteiger partial charge in [0.25, 0.3) is 5.91 Å². The van der Waals surface area contributed by atoms with E-state index in [1.54, 1.807) is 38.1 Å². The van der Waals surface area contributed by atoms with Crippen LogP contribution in [0, 0.1) is 19.7 Å². The van der Waals surface area contributed by atoms with Crippen LogP contribution in [0.4, 0.5) is 4.39 Å². The van der Waals surface area contributed by atoms with Gasteiger partial charge in [0.05, 0.1) is 30.1 Å². The molecular weight excluding hydrogens is 393 g/mol. The quantitative estimate of drug-likeness (QED) is 0.351. The molecule has 3 rings (SSSR count). The lowest BCUT2D eigenvalue weighted by molar-refractivity contribution is 0.0933. The van der Waals surface area contributed by atoms with E-state index in [0.717, 1.165) is 4.88 Å². The van der Waals surface area contributed by atoms with Crippen LogP contribution in [-0.4, -0.2) is 33.9 Å². The Morgan fingerprint density at radius 1 is 1.41 bits per heavy atom. The summed E-state index contributed by atoms with van der Waals surface area (Å²) in [5, 5.41) is 12.9. The Hall–Kier alpha value is -3.04. The molecule has 9 heteroatoms. The van der Waals surface area contributed by atoms with E-state index in [2.05, 4.69) is 20.3 Å². The summed E-state index contributed by atoms with van der Waals surface area (Å²) >= 11 is 1.32. The van der Waals surface area contributed by atoms with Crippen LogP contribution in [0.1, 0.15) is 37.7 Å². The van der Waals surface area contributed by atoms with Gasteiger partial charge in [-0.1, -0.05) is 12.1 Å². The molecule has 5 N–H and O–H groups in total. The molecule has 0 aliphatic rings. The molecule has 1 atom stereocenters. The molecule has 0 aliphatic heterocycles. The summed E-state index contributed by atoms with van der Waals surface area (Å²) in [6.45, 7) is 3.60. The minimum atomic E-state index is -0.491. The zero-order valence-electron chi connectivity index (χ0n) is 16.1. The number of aromatic amines is 1. The number of hydrogen-bond donors (Lipinski definition) is 4. The van der Waals surface area contributed by atoms with Gasteiger partial charge in [-0.15, -0.1) is 11.3 Å². The molecule has 0 fully saturated rings. The third kappa shape index (κ3) is 4.69.